The van der Waals surface area contributed by atoms with Gasteiger partial charge in [-0.25, -0.2) is 0 Å². The van der Waals surface area contributed by atoms with Gasteiger partial charge < -0.3 is 4.74 Å². The number of hydrogen-bond acceptors (Lipinski definition) is 3. The van der Waals surface area contributed by atoms with Crippen LogP contribution in [0.2, 0.25) is 0 Å². The summed E-state index contributed by atoms with van der Waals surface area (Å²) in [5.74, 6) is -0.211. The van der Waals surface area contributed by atoms with E-state index in [0.29, 0.717) is 18.7 Å². The average molecular weight is 217 g/mol. The molecule has 0 aliphatic rings. The number of carbonyl (C=O) groups excluding carboxylic acids is 1. The molecule has 0 radical (unpaired) electrons. The summed E-state index contributed by atoms with van der Waals surface area (Å²) in [4.78, 5) is 12.3. The van der Waals surface area contributed by atoms with Crippen LogP contribution >= 0.6 is 0 Å². The molecule has 0 fully saturated rings. The maximum atomic E-state index is 9.82. The molecule has 0 atom stereocenters. The highest BCUT2D eigenvalue weighted by atomic mass is 16.5. The summed E-state index contributed by atoms with van der Waals surface area (Å²) in [5.41, 5.74) is 0. The zero-order valence-corrected chi connectivity index (χ0v) is 11.3. The Kier molecular flexibility index (Phi) is 11.2. The molecule has 0 aromatic carbocycles. The average Bonchev–Trinajstić information content (AvgIpc) is 2.03. The zero-order chi connectivity index (χ0) is 12.4. The lowest BCUT2D eigenvalue weighted by Gasteiger charge is -2.28. The first kappa shape index (κ1) is 16.8. The number of hydrogen-bond donors (Lipinski definition) is 0. The SMILES string of the molecule is CCN(C(C)C)C(C)C.CCOC(C)=O. The predicted molar refractivity (Wildman–Crippen MR) is 65.0 cm³/mol. The Balaban J connectivity index is 0. The third kappa shape index (κ3) is 11.4. The molecule has 0 spiro atoms. The van der Waals surface area contributed by atoms with E-state index in [2.05, 4.69) is 44.3 Å². The van der Waals surface area contributed by atoms with Crippen molar-refractivity contribution in [1.82, 2.24) is 4.90 Å². The fraction of sp³-hybridized carbons (Fsp3) is 0.917. The maximum absolute atomic E-state index is 9.82. The van der Waals surface area contributed by atoms with Crippen molar-refractivity contribution in [3.63, 3.8) is 0 Å². The van der Waals surface area contributed by atoms with Gasteiger partial charge in [0, 0.05) is 19.0 Å². The minimum Gasteiger partial charge on any atom is -0.466 e. The third-order valence-electron chi connectivity index (χ3n) is 2.04. The molecule has 3 heteroatoms. The summed E-state index contributed by atoms with van der Waals surface area (Å²) >= 11 is 0. The molecule has 0 unspecified atom stereocenters. The number of nitrogens with zero attached hydrogens (tertiary/aromatic N) is 1. The molecule has 0 aromatic heterocycles. The molecular formula is C12H27NO2. The fourth-order valence-corrected chi connectivity index (χ4v) is 1.53. The summed E-state index contributed by atoms with van der Waals surface area (Å²) in [7, 11) is 0. The van der Waals surface area contributed by atoms with E-state index in [9.17, 15) is 4.79 Å². The largest absolute Gasteiger partial charge is 0.466 e. The Bertz CT molecular complexity index is 148. The van der Waals surface area contributed by atoms with Crippen LogP contribution < -0.4 is 0 Å². The summed E-state index contributed by atoms with van der Waals surface area (Å²) in [6.07, 6.45) is 0. The first-order valence-corrected chi connectivity index (χ1v) is 5.75. The van der Waals surface area contributed by atoms with Crippen LogP contribution in [0.15, 0.2) is 0 Å². The van der Waals surface area contributed by atoms with Crippen molar-refractivity contribution in [2.75, 3.05) is 13.2 Å². The van der Waals surface area contributed by atoms with E-state index in [1.807, 2.05) is 0 Å². The molecule has 15 heavy (non-hydrogen) atoms. The molecule has 0 N–H and O–H groups in total. The Morgan fingerprint density at radius 3 is 1.53 bits per heavy atom. The van der Waals surface area contributed by atoms with Crippen molar-refractivity contribution in [3.8, 4) is 0 Å². The van der Waals surface area contributed by atoms with Gasteiger partial charge in [-0.15, -0.1) is 0 Å². The van der Waals surface area contributed by atoms with Crippen LogP contribution in [0.5, 0.6) is 0 Å². The van der Waals surface area contributed by atoms with Gasteiger partial charge in [-0.3, -0.25) is 9.69 Å². The lowest BCUT2D eigenvalue weighted by atomic mass is 10.2. The lowest BCUT2D eigenvalue weighted by molar-refractivity contribution is -0.140. The van der Waals surface area contributed by atoms with E-state index in [1.165, 1.54) is 6.92 Å². The van der Waals surface area contributed by atoms with Gasteiger partial charge in [-0.2, -0.15) is 0 Å². The fourth-order valence-electron chi connectivity index (χ4n) is 1.53. The predicted octanol–water partition coefficient (Wildman–Crippen LogP) is 2.69. The highest BCUT2D eigenvalue weighted by Crippen LogP contribution is 2.02. The van der Waals surface area contributed by atoms with Crippen molar-refractivity contribution in [1.29, 1.82) is 0 Å². The highest BCUT2D eigenvalue weighted by molar-refractivity contribution is 5.65. The van der Waals surface area contributed by atoms with Gasteiger partial charge in [0.1, 0.15) is 0 Å². The zero-order valence-electron chi connectivity index (χ0n) is 11.3. The molecule has 0 bridgehead atoms. The topological polar surface area (TPSA) is 29.5 Å². The minimum absolute atomic E-state index is 0.211. The lowest BCUT2D eigenvalue weighted by Crippen LogP contribution is -2.36. The highest BCUT2D eigenvalue weighted by Gasteiger charge is 2.08. The quantitative estimate of drug-likeness (QED) is 0.678. The Hall–Kier alpha value is -0.570. The first-order valence-electron chi connectivity index (χ1n) is 5.75. The van der Waals surface area contributed by atoms with E-state index in [-0.39, 0.29) is 5.97 Å². The minimum atomic E-state index is -0.211. The molecule has 3 nitrogen and oxygen atoms in total. The monoisotopic (exact) mass is 217 g/mol. The van der Waals surface area contributed by atoms with Crippen molar-refractivity contribution in [2.45, 2.75) is 60.5 Å². The molecule has 0 saturated heterocycles. The standard InChI is InChI=1S/C8H19N.C4H8O2/c1-6-9(7(2)3)8(4)5;1-3-6-4(2)5/h7-8H,6H2,1-5H3;3H2,1-2H3. The van der Waals surface area contributed by atoms with Gasteiger partial charge in [-0.05, 0) is 41.2 Å². The number of ether oxygens (including phenoxy) is 1. The number of esters is 1. The van der Waals surface area contributed by atoms with E-state index in [0.717, 1.165) is 6.54 Å². The summed E-state index contributed by atoms with van der Waals surface area (Å²) < 4.78 is 4.40. The van der Waals surface area contributed by atoms with E-state index >= 15 is 0 Å². The maximum Gasteiger partial charge on any atom is 0.302 e. The normalized spacial score (nSPS) is 10.3. The third-order valence-corrected chi connectivity index (χ3v) is 2.04. The van der Waals surface area contributed by atoms with Gasteiger partial charge in [-0.1, -0.05) is 6.92 Å². The van der Waals surface area contributed by atoms with Crippen molar-refractivity contribution in [3.05, 3.63) is 0 Å². The summed E-state index contributed by atoms with van der Waals surface area (Å²) in [6.45, 7) is 16.0. The van der Waals surface area contributed by atoms with Crippen LogP contribution in [0, 0.1) is 0 Å². The van der Waals surface area contributed by atoms with Gasteiger partial charge in [0.05, 0.1) is 6.61 Å². The Labute approximate surface area is 94.8 Å². The molecule has 0 rings (SSSR count). The van der Waals surface area contributed by atoms with Crippen LogP contribution in [0.3, 0.4) is 0 Å². The van der Waals surface area contributed by atoms with E-state index in [1.54, 1.807) is 6.92 Å². The summed E-state index contributed by atoms with van der Waals surface area (Å²) in [5, 5.41) is 0. The molecule has 0 aliphatic carbocycles. The molecule has 0 aliphatic heterocycles. The van der Waals surface area contributed by atoms with E-state index in [4.69, 9.17) is 0 Å². The van der Waals surface area contributed by atoms with Crippen molar-refractivity contribution < 1.29 is 9.53 Å². The van der Waals surface area contributed by atoms with Crippen LogP contribution in [0.1, 0.15) is 48.5 Å². The van der Waals surface area contributed by atoms with E-state index < -0.39 is 0 Å². The smallest absolute Gasteiger partial charge is 0.302 e. The Morgan fingerprint density at radius 1 is 1.13 bits per heavy atom. The first-order chi connectivity index (χ1) is 6.86. The number of carbonyl (C=O) groups is 1. The molecule has 0 heterocycles. The van der Waals surface area contributed by atoms with Crippen LogP contribution in [0.4, 0.5) is 0 Å². The molecule has 0 saturated carbocycles. The van der Waals surface area contributed by atoms with Crippen molar-refractivity contribution in [2.24, 2.45) is 0 Å². The van der Waals surface area contributed by atoms with Crippen LogP contribution in [-0.2, 0) is 9.53 Å². The van der Waals surface area contributed by atoms with Crippen LogP contribution in [0.25, 0.3) is 0 Å². The van der Waals surface area contributed by atoms with Gasteiger partial charge in [0.2, 0.25) is 0 Å². The van der Waals surface area contributed by atoms with Gasteiger partial charge in [0.25, 0.3) is 0 Å². The number of rotatable bonds is 4. The molecule has 92 valence electrons. The molecule has 0 aromatic rings. The molecule has 0 amide bonds. The van der Waals surface area contributed by atoms with Gasteiger partial charge >= 0.3 is 5.97 Å². The summed E-state index contributed by atoms with van der Waals surface area (Å²) in [6, 6.07) is 1.38. The molecular weight excluding hydrogens is 190 g/mol. The Morgan fingerprint density at radius 2 is 1.53 bits per heavy atom. The second-order valence-corrected chi connectivity index (χ2v) is 3.94. The second kappa shape index (κ2) is 9.97. The second-order valence-electron chi connectivity index (χ2n) is 3.94. The van der Waals surface area contributed by atoms with Crippen molar-refractivity contribution >= 4 is 5.97 Å². The van der Waals surface area contributed by atoms with Crippen LogP contribution in [-0.4, -0.2) is 36.1 Å². The van der Waals surface area contributed by atoms with Gasteiger partial charge in [0.15, 0.2) is 0 Å².